The molecule has 1 aliphatic carbocycles. The molecule has 4 bridgehead atoms. The Kier molecular flexibility index (Phi) is 5.23. The molecule has 7 heteroatoms. The standard InChI is InChI=1S/C23H27N3O3S/c27-30(28,21-9-10-21)20-8-3-1-2-6-18-11-13-26-23(25-18)22(16-24-26)17-5-4-7-19(15-17)29-14-12-20/h4-5,7,11,13,15-16,20-21H,1-3,6,8-10,12,14H2. The molecule has 158 valence electrons. The average molecular weight is 426 g/mol. The fourth-order valence-corrected chi connectivity index (χ4v) is 6.56. The maximum atomic E-state index is 12.9. The lowest BCUT2D eigenvalue weighted by Gasteiger charge is -2.18. The second-order valence-corrected chi connectivity index (χ2v) is 10.9. The highest BCUT2D eigenvalue weighted by atomic mass is 32.2. The van der Waals surface area contributed by atoms with Gasteiger partial charge in [-0.3, -0.25) is 0 Å². The first kappa shape index (κ1) is 19.5. The normalized spacial score (nSPS) is 20.9. The fraction of sp³-hybridized carbons (Fsp3) is 0.478. The maximum absolute atomic E-state index is 12.9. The van der Waals surface area contributed by atoms with Gasteiger partial charge in [-0.25, -0.2) is 17.9 Å². The average Bonchev–Trinajstić information content (AvgIpc) is 3.52. The molecule has 1 aliphatic heterocycles. The van der Waals surface area contributed by atoms with Crippen molar-refractivity contribution in [2.24, 2.45) is 0 Å². The van der Waals surface area contributed by atoms with E-state index in [-0.39, 0.29) is 10.5 Å². The van der Waals surface area contributed by atoms with Crippen LogP contribution in [0.5, 0.6) is 5.75 Å². The SMILES string of the molecule is O=S(=O)(C1CCCCCc2ccn3ncc(c3n2)-c2cccc(c2)OCC1)C1CC1. The van der Waals surface area contributed by atoms with Gasteiger partial charge in [0.2, 0.25) is 0 Å². The van der Waals surface area contributed by atoms with E-state index in [0.29, 0.717) is 13.0 Å². The summed E-state index contributed by atoms with van der Waals surface area (Å²) in [5.74, 6) is 0.748. The zero-order valence-corrected chi connectivity index (χ0v) is 17.9. The Balaban J connectivity index is 1.45. The van der Waals surface area contributed by atoms with Crippen molar-refractivity contribution in [2.75, 3.05) is 6.61 Å². The Labute approximate surface area is 177 Å². The molecule has 0 amide bonds. The highest BCUT2D eigenvalue weighted by Crippen LogP contribution is 2.34. The minimum absolute atomic E-state index is 0.117. The Bertz CT molecular complexity index is 1150. The third-order valence-corrected chi connectivity index (χ3v) is 8.99. The van der Waals surface area contributed by atoms with Gasteiger partial charge in [0.25, 0.3) is 0 Å². The predicted octanol–water partition coefficient (Wildman–Crippen LogP) is 4.23. The van der Waals surface area contributed by atoms with Crippen LogP contribution in [0, 0.1) is 0 Å². The van der Waals surface area contributed by atoms with Gasteiger partial charge in [0, 0.05) is 17.5 Å². The van der Waals surface area contributed by atoms with Crippen molar-refractivity contribution >= 4 is 15.5 Å². The number of fused-ring (bicyclic) bond motifs is 4. The van der Waals surface area contributed by atoms with E-state index in [2.05, 4.69) is 5.10 Å². The van der Waals surface area contributed by atoms with Crippen LogP contribution in [0.4, 0.5) is 0 Å². The van der Waals surface area contributed by atoms with E-state index < -0.39 is 9.84 Å². The molecule has 0 saturated heterocycles. The summed E-state index contributed by atoms with van der Waals surface area (Å²) in [6.45, 7) is 0.414. The van der Waals surface area contributed by atoms with Gasteiger partial charge >= 0.3 is 0 Å². The molecule has 30 heavy (non-hydrogen) atoms. The second kappa shape index (κ2) is 8.02. The zero-order valence-electron chi connectivity index (χ0n) is 17.0. The maximum Gasteiger partial charge on any atom is 0.163 e. The number of benzene rings is 1. The van der Waals surface area contributed by atoms with Crippen molar-refractivity contribution in [3.05, 3.63) is 48.4 Å². The summed E-state index contributed by atoms with van der Waals surface area (Å²) in [6.07, 6.45) is 10.6. The quantitative estimate of drug-likeness (QED) is 0.614. The van der Waals surface area contributed by atoms with Crippen LogP contribution in [0.2, 0.25) is 0 Å². The van der Waals surface area contributed by atoms with Crippen LogP contribution in [0.15, 0.2) is 42.7 Å². The summed E-state index contributed by atoms with van der Waals surface area (Å²) in [4.78, 5) is 4.85. The molecule has 0 radical (unpaired) electrons. The van der Waals surface area contributed by atoms with Crippen LogP contribution in [0.3, 0.4) is 0 Å². The monoisotopic (exact) mass is 425 g/mol. The van der Waals surface area contributed by atoms with E-state index in [1.54, 1.807) is 0 Å². The number of rotatable bonds is 2. The van der Waals surface area contributed by atoms with Crippen LogP contribution < -0.4 is 4.74 Å². The summed E-state index contributed by atoms with van der Waals surface area (Å²) in [5.41, 5.74) is 3.88. The van der Waals surface area contributed by atoms with Crippen molar-refractivity contribution in [1.82, 2.24) is 14.6 Å². The summed E-state index contributed by atoms with van der Waals surface area (Å²) < 4.78 is 33.6. The van der Waals surface area contributed by atoms with E-state index in [1.165, 1.54) is 0 Å². The first-order chi connectivity index (χ1) is 14.6. The number of aromatic nitrogens is 3. The Hall–Kier alpha value is -2.41. The fourth-order valence-electron chi connectivity index (χ4n) is 4.31. The highest BCUT2D eigenvalue weighted by molar-refractivity contribution is 7.92. The molecule has 1 aromatic carbocycles. The lowest BCUT2D eigenvalue weighted by Crippen LogP contribution is -2.27. The van der Waals surface area contributed by atoms with E-state index in [9.17, 15) is 8.42 Å². The van der Waals surface area contributed by atoms with Crippen molar-refractivity contribution in [2.45, 2.75) is 61.9 Å². The number of hydrogen-bond acceptors (Lipinski definition) is 5. The Morgan fingerprint density at radius 2 is 1.87 bits per heavy atom. The van der Waals surface area contributed by atoms with Crippen molar-refractivity contribution in [3.63, 3.8) is 0 Å². The van der Waals surface area contributed by atoms with Gasteiger partial charge in [-0.05, 0) is 62.3 Å². The summed E-state index contributed by atoms with van der Waals surface area (Å²) in [7, 11) is -3.04. The first-order valence-electron chi connectivity index (χ1n) is 10.9. The molecule has 2 aromatic heterocycles. The molecule has 6 nitrogen and oxygen atoms in total. The van der Waals surface area contributed by atoms with Crippen LogP contribution in [-0.4, -0.2) is 40.1 Å². The number of ether oxygens (including phenoxy) is 1. The van der Waals surface area contributed by atoms with E-state index in [1.807, 2.05) is 47.2 Å². The van der Waals surface area contributed by atoms with Gasteiger partial charge in [-0.15, -0.1) is 0 Å². The topological polar surface area (TPSA) is 73.6 Å². The molecule has 1 atom stereocenters. The van der Waals surface area contributed by atoms with Gasteiger partial charge < -0.3 is 4.74 Å². The molecule has 1 unspecified atom stereocenters. The molecule has 0 N–H and O–H groups in total. The number of sulfone groups is 1. The van der Waals surface area contributed by atoms with Crippen LogP contribution in [0.25, 0.3) is 16.8 Å². The molecule has 3 heterocycles. The van der Waals surface area contributed by atoms with Gasteiger partial charge in [-0.2, -0.15) is 5.10 Å². The van der Waals surface area contributed by atoms with Crippen molar-refractivity contribution in [3.8, 4) is 16.9 Å². The molecule has 0 spiro atoms. The van der Waals surface area contributed by atoms with E-state index >= 15 is 0 Å². The van der Waals surface area contributed by atoms with E-state index in [0.717, 1.165) is 73.2 Å². The molecular formula is C23H27N3O3S. The van der Waals surface area contributed by atoms with Crippen LogP contribution in [0.1, 0.15) is 50.6 Å². The molecule has 1 fully saturated rings. The van der Waals surface area contributed by atoms with Gasteiger partial charge in [0.1, 0.15) is 5.75 Å². The van der Waals surface area contributed by atoms with Crippen LogP contribution >= 0.6 is 0 Å². The van der Waals surface area contributed by atoms with Gasteiger partial charge in [-0.1, -0.05) is 25.0 Å². The number of aryl methyl sites for hydroxylation is 1. The van der Waals surface area contributed by atoms with Crippen molar-refractivity contribution in [1.29, 1.82) is 0 Å². The third kappa shape index (κ3) is 3.95. The predicted molar refractivity (Wildman–Crippen MR) is 116 cm³/mol. The minimum atomic E-state index is -3.04. The van der Waals surface area contributed by atoms with Gasteiger partial charge in [0.05, 0.1) is 23.3 Å². The molecule has 1 saturated carbocycles. The number of nitrogens with zero attached hydrogens (tertiary/aromatic N) is 3. The molecular weight excluding hydrogens is 398 g/mol. The summed E-state index contributed by atoms with van der Waals surface area (Å²) in [5, 5.41) is 4.03. The lowest BCUT2D eigenvalue weighted by atomic mass is 10.1. The zero-order chi connectivity index (χ0) is 20.6. The number of hydrogen-bond donors (Lipinski definition) is 0. The third-order valence-electron chi connectivity index (χ3n) is 6.19. The minimum Gasteiger partial charge on any atom is -0.494 e. The largest absolute Gasteiger partial charge is 0.494 e. The lowest BCUT2D eigenvalue weighted by molar-refractivity contribution is 0.304. The van der Waals surface area contributed by atoms with Crippen molar-refractivity contribution < 1.29 is 13.2 Å². The van der Waals surface area contributed by atoms with Crippen LogP contribution in [-0.2, 0) is 16.3 Å². The highest BCUT2D eigenvalue weighted by Gasteiger charge is 2.40. The molecule has 3 aromatic rings. The Morgan fingerprint density at radius 1 is 1.00 bits per heavy atom. The van der Waals surface area contributed by atoms with Gasteiger partial charge in [0.15, 0.2) is 15.5 Å². The first-order valence-corrected chi connectivity index (χ1v) is 12.5. The summed E-state index contributed by atoms with van der Waals surface area (Å²) in [6, 6.07) is 9.91. The smallest absolute Gasteiger partial charge is 0.163 e. The molecule has 2 aliphatic rings. The summed E-state index contributed by atoms with van der Waals surface area (Å²) >= 11 is 0. The second-order valence-electron chi connectivity index (χ2n) is 8.42. The Morgan fingerprint density at radius 3 is 2.73 bits per heavy atom. The molecule has 5 rings (SSSR count). The van der Waals surface area contributed by atoms with E-state index in [4.69, 9.17) is 9.72 Å².